The third-order valence-corrected chi connectivity index (χ3v) is 4.28. The first kappa shape index (κ1) is 17.0. The van der Waals surface area contributed by atoms with E-state index in [2.05, 4.69) is 21.7 Å². The van der Waals surface area contributed by atoms with Crippen LogP contribution in [0.4, 0.5) is 4.79 Å². The maximum atomic E-state index is 11.8. The maximum Gasteiger partial charge on any atom is 0.321 e. The highest BCUT2D eigenvalue weighted by Crippen LogP contribution is 2.29. The highest BCUT2D eigenvalue weighted by atomic mass is 32.2. The van der Waals surface area contributed by atoms with Gasteiger partial charge >= 0.3 is 6.03 Å². The second-order valence-electron chi connectivity index (χ2n) is 4.57. The van der Waals surface area contributed by atoms with E-state index in [1.165, 1.54) is 18.8 Å². The summed E-state index contributed by atoms with van der Waals surface area (Å²) in [5.41, 5.74) is 3.14. The monoisotopic (exact) mass is 306 g/mol. The lowest BCUT2D eigenvalue weighted by atomic mass is 10.1. The van der Waals surface area contributed by atoms with Gasteiger partial charge in [-0.25, -0.2) is 9.78 Å². The lowest BCUT2D eigenvalue weighted by molar-refractivity contribution is -0.119. The second kappa shape index (κ2) is 7.09. The first-order valence-electron chi connectivity index (χ1n) is 6.38. The Kier molecular flexibility index (Phi) is 5.73. The molecule has 0 aliphatic rings. The van der Waals surface area contributed by atoms with Gasteiger partial charge in [0.05, 0.1) is 10.8 Å². The van der Waals surface area contributed by atoms with E-state index in [0.717, 1.165) is 16.8 Å². The van der Waals surface area contributed by atoms with Crippen LogP contribution in [0.1, 0.15) is 29.3 Å². The number of carbonyl (C=O) groups excluding carboxylic acids is 2. The summed E-state index contributed by atoms with van der Waals surface area (Å²) < 4.78 is 0. The fourth-order valence-electron chi connectivity index (χ4n) is 1.63. The van der Waals surface area contributed by atoms with E-state index in [0.29, 0.717) is 10.6 Å². The number of nitrogens with one attached hydrogen (secondary N) is 2. The summed E-state index contributed by atoms with van der Waals surface area (Å²) in [5, 5.41) is 13.8. The quantitative estimate of drug-likeness (QED) is 0.831. The van der Waals surface area contributed by atoms with Gasteiger partial charge in [-0.05, 0) is 38.8 Å². The van der Waals surface area contributed by atoms with Gasteiger partial charge in [-0.3, -0.25) is 10.1 Å². The number of nitrogens with zero attached hydrogens (tertiary/aromatic N) is 2. The molecule has 0 aliphatic heterocycles. The van der Waals surface area contributed by atoms with E-state index in [1.54, 1.807) is 6.92 Å². The zero-order valence-electron chi connectivity index (χ0n) is 12.7. The lowest BCUT2D eigenvalue weighted by Crippen LogP contribution is -2.41. The maximum absolute atomic E-state index is 11.8. The standard InChI is InChI=1S/C14H18N4O2S/c1-7-8(2)11(6-15)13(17-9(7)3)21-10(4)12(19)18-14(20)16-5/h10H,1-5H3,(H2,16,18,19,20). The van der Waals surface area contributed by atoms with Crippen LogP contribution >= 0.6 is 11.8 Å². The van der Waals surface area contributed by atoms with Gasteiger partial charge in [0, 0.05) is 12.7 Å². The Hall–Kier alpha value is -2.07. The minimum atomic E-state index is -0.558. The third kappa shape index (κ3) is 3.95. The van der Waals surface area contributed by atoms with Crippen molar-refractivity contribution < 1.29 is 9.59 Å². The molecule has 0 aromatic carbocycles. The van der Waals surface area contributed by atoms with Crippen LogP contribution in [0.5, 0.6) is 0 Å². The molecule has 112 valence electrons. The van der Waals surface area contributed by atoms with Gasteiger partial charge in [-0.1, -0.05) is 11.8 Å². The van der Waals surface area contributed by atoms with Gasteiger partial charge < -0.3 is 5.32 Å². The average Bonchev–Trinajstić information content (AvgIpc) is 2.44. The highest BCUT2D eigenvalue weighted by molar-refractivity contribution is 8.00. The summed E-state index contributed by atoms with van der Waals surface area (Å²) in [5.74, 6) is -0.430. The first-order valence-corrected chi connectivity index (χ1v) is 7.26. The van der Waals surface area contributed by atoms with Gasteiger partial charge in [0.25, 0.3) is 0 Å². The molecule has 7 heteroatoms. The topological polar surface area (TPSA) is 94.9 Å². The highest BCUT2D eigenvalue weighted by Gasteiger charge is 2.21. The molecule has 1 unspecified atom stereocenters. The van der Waals surface area contributed by atoms with Gasteiger partial charge in [0.2, 0.25) is 5.91 Å². The van der Waals surface area contributed by atoms with E-state index in [-0.39, 0.29) is 0 Å². The van der Waals surface area contributed by atoms with Crippen molar-refractivity contribution in [2.24, 2.45) is 0 Å². The van der Waals surface area contributed by atoms with Crippen LogP contribution in [-0.4, -0.2) is 29.2 Å². The largest absolute Gasteiger partial charge is 0.341 e. The van der Waals surface area contributed by atoms with Crippen LogP contribution in [-0.2, 0) is 4.79 Å². The molecule has 0 radical (unpaired) electrons. The van der Waals surface area contributed by atoms with Crippen LogP contribution in [0.3, 0.4) is 0 Å². The van der Waals surface area contributed by atoms with Crippen LogP contribution < -0.4 is 10.6 Å². The average molecular weight is 306 g/mol. The molecule has 1 aromatic heterocycles. The molecule has 1 rings (SSSR count). The second-order valence-corrected chi connectivity index (χ2v) is 5.90. The molecular weight excluding hydrogens is 288 g/mol. The Morgan fingerprint density at radius 2 is 1.90 bits per heavy atom. The number of carbonyl (C=O) groups is 2. The minimum absolute atomic E-state index is 0.430. The number of amides is 3. The molecule has 0 saturated heterocycles. The van der Waals surface area contributed by atoms with Crippen molar-refractivity contribution in [3.05, 3.63) is 22.4 Å². The normalized spacial score (nSPS) is 11.4. The molecule has 0 spiro atoms. The van der Waals surface area contributed by atoms with E-state index in [4.69, 9.17) is 0 Å². The number of pyridine rings is 1. The molecule has 2 N–H and O–H groups in total. The smallest absolute Gasteiger partial charge is 0.321 e. The molecule has 1 aromatic rings. The van der Waals surface area contributed by atoms with Crippen LogP contribution in [0.15, 0.2) is 5.03 Å². The molecule has 6 nitrogen and oxygen atoms in total. The van der Waals surface area contributed by atoms with Crippen molar-refractivity contribution in [2.75, 3.05) is 7.05 Å². The molecular formula is C14H18N4O2S. The number of nitriles is 1. The number of thioether (sulfide) groups is 1. The molecule has 0 bridgehead atoms. The summed E-state index contributed by atoms with van der Waals surface area (Å²) in [7, 11) is 1.43. The number of imide groups is 1. The van der Waals surface area contributed by atoms with Gasteiger partial charge in [0.15, 0.2) is 0 Å². The van der Waals surface area contributed by atoms with E-state index in [9.17, 15) is 14.9 Å². The molecule has 3 amide bonds. The molecule has 1 atom stereocenters. The Morgan fingerprint density at radius 3 is 2.43 bits per heavy atom. The molecule has 0 fully saturated rings. The number of hydrogen-bond donors (Lipinski definition) is 2. The predicted octanol–water partition coefficient (Wildman–Crippen LogP) is 1.81. The minimum Gasteiger partial charge on any atom is -0.341 e. The fourth-order valence-corrected chi connectivity index (χ4v) is 2.63. The number of urea groups is 1. The molecule has 0 aliphatic carbocycles. The lowest BCUT2D eigenvalue weighted by Gasteiger charge is -2.14. The van der Waals surface area contributed by atoms with E-state index >= 15 is 0 Å². The van der Waals surface area contributed by atoms with Gasteiger partial charge in [0.1, 0.15) is 11.1 Å². The number of aryl methyl sites for hydroxylation is 1. The number of hydrogen-bond acceptors (Lipinski definition) is 5. The van der Waals surface area contributed by atoms with Crippen molar-refractivity contribution in [3.63, 3.8) is 0 Å². The molecule has 21 heavy (non-hydrogen) atoms. The Balaban J connectivity index is 3.01. The fraction of sp³-hybridized carbons (Fsp3) is 0.429. The third-order valence-electron chi connectivity index (χ3n) is 3.20. The van der Waals surface area contributed by atoms with Crippen molar-refractivity contribution in [2.45, 2.75) is 38.0 Å². The zero-order chi connectivity index (χ0) is 16.2. The first-order chi connectivity index (χ1) is 9.81. The van der Waals surface area contributed by atoms with Gasteiger partial charge in [-0.15, -0.1) is 0 Å². The SMILES string of the molecule is CNC(=O)NC(=O)C(C)Sc1nc(C)c(C)c(C)c1C#N. The summed E-state index contributed by atoms with van der Waals surface area (Å²) in [6.07, 6.45) is 0. The predicted molar refractivity (Wildman–Crippen MR) is 81.1 cm³/mol. The van der Waals surface area contributed by atoms with E-state index in [1.807, 2.05) is 20.8 Å². The van der Waals surface area contributed by atoms with Crippen molar-refractivity contribution >= 4 is 23.7 Å². The summed E-state index contributed by atoms with van der Waals surface area (Å²) >= 11 is 1.17. The molecule has 0 saturated carbocycles. The number of rotatable bonds is 3. The number of aromatic nitrogens is 1. The van der Waals surface area contributed by atoms with Gasteiger partial charge in [-0.2, -0.15) is 5.26 Å². The van der Waals surface area contributed by atoms with Crippen LogP contribution in [0.25, 0.3) is 0 Å². The zero-order valence-corrected chi connectivity index (χ0v) is 13.5. The van der Waals surface area contributed by atoms with Crippen molar-refractivity contribution in [1.29, 1.82) is 5.26 Å². The Bertz CT molecular complexity index is 622. The summed E-state index contributed by atoms with van der Waals surface area (Å²) in [6, 6.07) is 1.58. The van der Waals surface area contributed by atoms with Crippen molar-refractivity contribution in [1.82, 2.24) is 15.6 Å². The Morgan fingerprint density at radius 1 is 1.29 bits per heavy atom. The van der Waals surface area contributed by atoms with Crippen LogP contribution in [0, 0.1) is 32.1 Å². The van der Waals surface area contributed by atoms with Crippen molar-refractivity contribution in [3.8, 4) is 6.07 Å². The summed E-state index contributed by atoms with van der Waals surface area (Å²) in [6.45, 7) is 7.30. The Labute approximate surface area is 128 Å². The molecule has 1 heterocycles. The van der Waals surface area contributed by atoms with Crippen LogP contribution in [0.2, 0.25) is 0 Å². The van der Waals surface area contributed by atoms with E-state index < -0.39 is 17.2 Å². The summed E-state index contributed by atoms with van der Waals surface area (Å²) in [4.78, 5) is 27.4.